The van der Waals surface area contributed by atoms with Crippen LogP contribution in [0, 0.1) is 11.8 Å². The summed E-state index contributed by atoms with van der Waals surface area (Å²) in [4.78, 5) is 13.8. The smallest absolute Gasteiger partial charge is 0.0906 e. The Kier molecular flexibility index (Phi) is 8.57. The van der Waals surface area contributed by atoms with E-state index >= 15 is 0 Å². The van der Waals surface area contributed by atoms with E-state index in [-0.39, 0.29) is 12.2 Å². The number of hydrogen-bond acceptors (Lipinski definition) is 5. The number of aromatic nitrogens is 3. The third kappa shape index (κ3) is 7.32. The minimum absolute atomic E-state index is 0.155. The molecule has 4 rings (SSSR count). The van der Waals surface area contributed by atoms with Gasteiger partial charge in [-0.25, -0.2) is 4.98 Å². The van der Waals surface area contributed by atoms with Crippen molar-refractivity contribution in [3.05, 3.63) is 101 Å². The number of benzene rings is 1. The van der Waals surface area contributed by atoms with Gasteiger partial charge in [-0.05, 0) is 87.4 Å². The van der Waals surface area contributed by atoms with Crippen LogP contribution < -0.4 is 0 Å². The summed E-state index contributed by atoms with van der Waals surface area (Å²) in [6.07, 6.45) is 3.84. The van der Waals surface area contributed by atoms with E-state index in [1.807, 2.05) is 76.2 Å². The molecule has 3 aromatic heterocycles. The standard InChI is InChI=1S/C31H31N3O2/c1-22(2)35-20-26-15-24(16-27(17-26)21-36-23(3)4)11-12-25-18-30(28-9-5-7-13-32-28)34-31(19-25)29-10-6-8-14-33-29/h5-10,13-19,22-23H,20-21H2,1-4H3. The van der Waals surface area contributed by atoms with E-state index in [4.69, 9.17) is 14.5 Å². The van der Waals surface area contributed by atoms with Gasteiger partial charge in [0.15, 0.2) is 0 Å². The first kappa shape index (κ1) is 25.2. The van der Waals surface area contributed by atoms with Crippen LogP contribution in [-0.4, -0.2) is 27.2 Å². The lowest BCUT2D eigenvalue weighted by molar-refractivity contribution is 0.0625. The topological polar surface area (TPSA) is 57.1 Å². The van der Waals surface area contributed by atoms with Crippen LogP contribution >= 0.6 is 0 Å². The molecule has 0 saturated heterocycles. The Labute approximate surface area is 213 Å². The fourth-order valence-corrected chi connectivity index (χ4v) is 3.57. The van der Waals surface area contributed by atoms with E-state index in [0.717, 1.165) is 45.0 Å². The largest absolute Gasteiger partial charge is 0.374 e. The predicted molar refractivity (Wildman–Crippen MR) is 143 cm³/mol. The Balaban J connectivity index is 1.72. The fourth-order valence-electron chi connectivity index (χ4n) is 3.57. The van der Waals surface area contributed by atoms with Crippen molar-refractivity contribution in [3.63, 3.8) is 0 Å². The van der Waals surface area contributed by atoms with E-state index in [1.165, 1.54) is 0 Å². The Bertz CT molecular complexity index is 1250. The Hall–Kier alpha value is -3.85. The fraction of sp³-hybridized carbons (Fsp3) is 0.258. The van der Waals surface area contributed by atoms with Crippen molar-refractivity contribution in [2.45, 2.75) is 53.1 Å². The van der Waals surface area contributed by atoms with Gasteiger partial charge in [0.05, 0.1) is 48.2 Å². The monoisotopic (exact) mass is 477 g/mol. The van der Waals surface area contributed by atoms with Gasteiger partial charge in [-0.1, -0.05) is 30.0 Å². The molecular weight excluding hydrogens is 446 g/mol. The highest BCUT2D eigenvalue weighted by Crippen LogP contribution is 2.22. The highest BCUT2D eigenvalue weighted by molar-refractivity contribution is 5.65. The minimum atomic E-state index is 0.155. The molecule has 0 unspecified atom stereocenters. The van der Waals surface area contributed by atoms with Crippen LogP contribution in [0.2, 0.25) is 0 Å². The molecule has 0 aliphatic carbocycles. The van der Waals surface area contributed by atoms with Gasteiger partial charge in [0, 0.05) is 23.5 Å². The van der Waals surface area contributed by atoms with Crippen molar-refractivity contribution < 1.29 is 9.47 Å². The zero-order chi connectivity index (χ0) is 25.3. The first-order valence-electron chi connectivity index (χ1n) is 12.2. The minimum Gasteiger partial charge on any atom is -0.374 e. The van der Waals surface area contributed by atoms with Gasteiger partial charge in [0.25, 0.3) is 0 Å². The molecule has 5 nitrogen and oxygen atoms in total. The molecule has 0 aliphatic rings. The van der Waals surface area contributed by atoms with Crippen LogP contribution in [0.15, 0.2) is 79.1 Å². The molecule has 0 spiro atoms. The molecule has 4 aromatic rings. The van der Waals surface area contributed by atoms with Gasteiger partial charge >= 0.3 is 0 Å². The zero-order valence-electron chi connectivity index (χ0n) is 21.2. The van der Waals surface area contributed by atoms with Crippen molar-refractivity contribution in [3.8, 4) is 34.6 Å². The summed E-state index contributed by atoms with van der Waals surface area (Å²) < 4.78 is 11.7. The molecule has 0 N–H and O–H groups in total. The molecule has 3 heterocycles. The lowest BCUT2D eigenvalue weighted by atomic mass is 10.1. The highest BCUT2D eigenvalue weighted by Gasteiger charge is 2.08. The van der Waals surface area contributed by atoms with Crippen LogP contribution in [-0.2, 0) is 22.7 Å². The molecule has 5 heteroatoms. The number of ether oxygens (including phenoxy) is 2. The highest BCUT2D eigenvalue weighted by atomic mass is 16.5. The van der Waals surface area contributed by atoms with Crippen LogP contribution in [0.4, 0.5) is 0 Å². The van der Waals surface area contributed by atoms with E-state index in [2.05, 4.69) is 40.0 Å². The molecule has 0 aliphatic heterocycles. The second-order valence-corrected chi connectivity index (χ2v) is 9.06. The van der Waals surface area contributed by atoms with E-state index in [1.54, 1.807) is 12.4 Å². The average Bonchev–Trinajstić information content (AvgIpc) is 2.90. The molecule has 0 radical (unpaired) electrons. The Morgan fingerprint density at radius 2 is 1.08 bits per heavy atom. The molecule has 1 aromatic carbocycles. The summed E-state index contributed by atoms with van der Waals surface area (Å²) in [6.45, 7) is 9.21. The van der Waals surface area contributed by atoms with Gasteiger partial charge in [0.1, 0.15) is 0 Å². The molecule has 0 fully saturated rings. The summed E-state index contributed by atoms with van der Waals surface area (Å²) in [7, 11) is 0. The maximum absolute atomic E-state index is 5.84. The molecule has 0 amide bonds. The van der Waals surface area contributed by atoms with Crippen LogP contribution in [0.25, 0.3) is 22.8 Å². The van der Waals surface area contributed by atoms with Crippen molar-refractivity contribution >= 4 is 0 Å². The predicted octanol–water partition coefficient (Wildman–Crippen LogP) is 6.46. The molecular formula is C31H31N3O2. The van der Waals surface area contributed by atoms with Crippen LogP contribution in [0.5, 0.6) is 0 Å². The van der Waals surface area contributed by atoms with Gasteiger partial charge < -0.3 is 9.47 Å². The number of rotatable bonds is 8. The second-order valence-electron chi connectivity index (χ2n) is 9.06. The zero-order valence-corrected chi connectivity index (χ0v) is 21.2. The lowest BCUT2D eigenvalue weighted by Gasteiger charge is -2.12. The van der Waals surface area contributed by atoms with Gasteiger partial charge in [-0.3, -0.25) is 9.97 Å². The normalized spacial score (nSPS) is 10.9. The molecule has 0 saturated carbocycles. The third-order valence-electron chi connectivity index (χ3n) is 5.25. The maximum Gasteiger partial charge on any atom is 0.0906 e. The van der Waals surface area contributed by atoms with Crippen LogP contribution in [0.1, 0.15) is 49.9 Å². The second kappa shape index (κ2) is 12.2. The van der Waals surface area contributed by atoms with Gasteiger partial charge in [0.2, 0.25) is 0 Å². The lowest BCUT2D eigenvalue weighted by Crippen LogP contribution is -2.05. The van der Waals surface area contributed by atoms with Crippen molar-refractivity contribution in [2.75, 3.05) is 0 Å². The van der Waals surface area contributed by atoms with Gasteiger partial charge in [-0.15, -0.1) is 0 Å². The number of hydrogen-bond donors (Lipinski definition) is 0. The van der Waals surface area contributed by atoms with Crippen molar-refractivity contribution in [1.29, 1.82) is 0 Å². The summed E-state index contributed by atoms with van der Waals surface area (Å²) in [5, 5.41) is 0. The van der Waals surface area contributed by atoms with Crippen molar-refractivity contribution in [2.24, 2.45) is 0 Å². The third-order valence-corrected chi connectivity index (χ3v) is 5.25. The van der Waals surface area contributed by atoms with Crippen LogP contribution in [0.3, 0.4) is 0 Å². The number of pyridine rings is 3. The molecule has 36 heavy (non-hydrogen) atoms. The molecule has 0 atom stereocenters. The maximum atomic E-state index is 5.84. The SMILES string of the molecule is CC(C)OCc1cc(C#Cc2cc(-c3ccccn3)nc(-c3ccccn3)c2)cc(COC(C)C)c1. The summed E-state index contributed by atoms with van der Waals surface area (Å²) in [5.74, 6) is 6.68. The number of nitrogens with zero attached hydrogens (tertiary/aromatic N) is 3. The average molecular weight is 478 g/mol. The van der Waals surface area contributed by atoms with E-state index < -0.39 is 0 Å². The Morgan fingerprint density at radius 3 is 1.50 bits per heavy atom. The summed E-state index contributed by atoms with van der Waals surface area (Å²) >= 11 is 0. The quantitative estimate of drug-likeness (QED) is 0.273. The van der Waals surface area contributed by atoms with E-state index in [0.29, 0.717) is 13.2 Å². The van der Waals surface area contributed by atoms with E-state index in [9.17, 15) is 0 Å². The first-order valence-corrected chi connectivity index (χ1v) is 12.2. The summed E-state index contributed by atoms with van der Waals surface area (Å²) in [6, 6.07) is 21.8. The first-order chi connectivity index (χ1) is 17.5. The van der Waals surface area contributed by atoms with Crippen molar-refractivity contribution in [1.82, 2.24) is 15.0 Å². The molecule has 0 bridgehead atoms. The van der Waals surface area contributed by atoms with Gasteiger partial charge in [-0.2, -0.15) is 0 Å². The summed E-state index contributed by atoms with van der Waals surface area (Å²) in [5.41, 5.74) is 7.01. The Morgan fingerprint density at radius 1 is 0.611 bits per heavy atom. The molecule has 182 valence electrons.